The van der Waals surface area contributed by atoms with Crippen LogP contribution in [0.2, 0.25) is 0 Å². The van der Waals surface area contributed by atoms with E-state index in [1.807, 2.05) is 17.2 Å². The van der Waals surface area contributed by atoms with Crippen molar-refractivity contribution in [3.63, 3.8) is 0 Å². The summed E-state index contributed by atoms with van der Waals surface area (Å²) < 4.78 is 13.3. The van der Waals surface area contributed by atoms with E-state index in [4.69, 9.17) is 4.84 Å². The predicted molar refractivity (Wildman–Crippen MR) is 111 cm³/mol. The number of aryl methyl sites for hydroxylation is 1. The van der Waals surface area contributed by atoms with Gasteiger partial charge in [0.25, 0.3) is 0 Å². The summed E-state index contributed by atoms with van der Waals surface area (Å²) in [6, 6.07) is 16.1. The SMILES string of the molecule is Cc1ccccc1CN1CCN(C2=NCN(C3(c4ccc(F)cc4)CC3)O2)CC1. The van der Waals surface area contributed by atoms with Crippen LogP contribution in [0.5, 0.6) is 0 Å². The number of nitrogens with zero attached hydrogens (tertiary/aromatic N) is 4. The van der Waals surface area contributed by atoms with Crippen molar-refractivity contribution >= 4 is 6.02 Å². The number of halogens is 1. The highest BCUT2D eigenvalue weighted by Crippen LogP contribution is 2.51. The predicted octanol–water partition coefficient (Wildman–Crippen LogP) is 3.50. The molecule has 29 heavy (non-hydrogen) atoms. The Morgan fingerprint density at radius 1 is 1.00 bits per heavy atom. The molecule has 0 N–H and O–H groups in total. The maximum absolute atomic E-state index is 13.3. The first-order chi connectivity index (χ1) is 14.1. The normalized spacial score (nSPS) is 21.7. The number of hydroxylamine groups is 2. The lowest BCUT2D eigenvalue weighted by Gasteiger charge is -2.36. The Hall–Kier alpha value is -2.44. The Labute approximate surface area is 171 Å². The monoisotopic (exact) mass is 394 g/mol. The number of hydrogen-bond donors (Lipinski definition) is 0. The summed E-state index contributed by atoms with van der Waals surface area (Å²) in [6.07, 6.45) is 2.04. The summed E-state index contributed by atoms with van der Waals surface area (Å²) in [6.45, 7) is 7.55. The van der Waals surface area contributed by atoms with E-state index in [1.54, 1.807) is 0 Å². The van der Waals surface area contributed by atoms with Crippen LogP contribution in [0.1, 0.15) is 29.5 Å². The van der Waals surface area contributed by atoms with E-state index in [9.17, 15) is 4.39 Å². The molecule has 6 heteroatoms. The van der Waals surface area contributed by atoms with E-state index in [1.165, 1.54) is 23.3 Å². The molecule has 2 aromatic carbocycles. The van der Waals surface area contributed by atoms with E-state index < -0.39 is 0 Å². The second kappa shape index (κ2) is 7.43. The number of hydrogen-bond acceptors (Lipinski definition) is 5. The van der Waals surface area contributed by atoms with Gasteiger partial charge in [-0.05, 0) is 48.6 Å². The van der Waals surface area contributed by atoms with Crippen molar-refractivity contribution in [3.8, 4) is 0 Å². The van der Waals surface area contributed by atoms with Gasteiger partial charge in [0, 0.05) is 32.7 Å². The molecule has 0 spiro atoms. The number of piperazine rings is 1. The summed E-state index contributed by atoms with van der Waals surface area (Å²) in [5.74, 6) is -0.201. The van der Waals surface area contributed by atoms with Gasteiger partial charge in [-0.2, -0.15) is 0 Å². The summed E-state index contributed by atoms with van der Waals surface area (Å²) in [4.78, 5) is 15.6. The van der Waals surface area contributed by atoms with Crippen LogP contribution in [-0.2, 0) is 16.9 Å². The van der Waals surface area contributed by atoms with Crippen molar-refractivity contribution in [2.45, 2.75) is 31.8 Å². The van der Waals surface area contributed by atoms with Crippen LogP contribution >= 0.6 is 0 Å². The number of benzene rings is 2. The highest BCUT2D eigenvalue weighted by molar-refractivity contribution is 5.74. The molecule has 0 aromatic heterocycles. The van der Waals surface area contributed by atoms with Gasteiger partial charge in [0.15, 0.2) is 0 Å². The fraction of sp³-hybridized carbons (Fsp3) is 0.435. The molecule has 1 aliphatic carbocycles. The quantitative estimate of drug-likeness (QED) is 0.794. The zero-order chi connectivity index (χ0) is 19.8. The maximum Gasteiger partial charge on any atom is 0.309 e. The van der Waals surface area contributed by atoms with Crippen molar-refractivity contribution in [1.82, 2.24) is 14.9 Å². The molecule has 2 aromatic rings. The van der Waals surface area contributed by atoms with Crippen LogP contribution in [-0.4, -0.2) is 53.7 Å². The molecule has 0 radical (unpaired) electrons. The summed E-state index contributed by atoms with van der Waals surface area (Å²) in [5, 5.41) is 1.98. The van der Waals surface area contributed by atoms with Crippen LogP contribution < -0.4 is 0 Å². The van der Waals surface area contributed by atoms with Crippen LogP contribution in [0.15, 0.2) is 53.5 Å². The molecule has 0 amide bonds. The third kappa shape index (κ3) is 3.63. The third-order valence-corrected chi connectivity index (χ3v) is 6.41. The zero-order valence-corrected chi connectivity index (χ0v) is 16.9. The Morgan fingerprint density at radius 2 is 1.72 bits per heavy atom. The lowest BCUT2D eigenvalue weighted by atomic mass is 10.1. The molecule has 0 unspecified atom stereocenters. The highest BCUT2D eigenvalue weighted by Gasteiger charge is 2.53. The van der Waals surface area contributed by atoms with Gasteiger partial charge in [-0.1, -0.05) is 36.4 Å². The van der Waals surface area contributed by atoms with Gasteiger partial charge in [-0.15, -0.1) is 5.06 Å². The third-order valence-electron chi connectivity index (χ3n) is 6.41. The van der Waals surface area contributed by atoms with E-state index in [2.05, 4.69) is 46.0 Å². The first-order valence-corrected chi connectivity index (χ1v) is 10.4. The molecule has 0 atom stereocenters. The Kier molecular flexibility index (Phi) is 4.76. The largest absolute Gasteiger partial charge is 0.365 e. The van der Waals surface area contributed by atoms with Crippen LogP contribution in [0.3, 0.4) is 0 Å². The van der Waals surface area contributed by atoms with E-state index in [0.29, 0.717) is 6.67 Å². The first kappa shape index (κ1) is 18.6. The lowest BCUT2D eigenvalue weighted by molar-refractivity contribution is -0.113. The molecule has 3 aliphatic rings. The molecular weight excluding hydrogens is 367 g/mol. The molecule has 2 fully saturated rings. The Balaban J connectivity index is 1.17. The van der Waals surface area contributed by atoms with Gasteiger partial charge in [-0.3, -0.25) is 4.90 Å². The minimum Gasteiger partial charge on any atom is -0.365 e. The second-order valence-electron chi connectivity index (χ2n) is 8.28. The molecule has 152 valence electrons. The van der Waals surface area contributed by atoms with Crippen molar-refractivity contribution in [3.05, 3.63) is 71.0 Å². The second-order valence-corrected chi connectivity index (χ2v) is 8.28. The lowest BCUT2D eigenvalue weighted by Crippen LogP contribution is -2.49. The topological polar surface area (TPSA) is 31.3 Å². The van der Waals surface area contributed by atoms with Crippen molar-refractivity contribution < 1.29 is 9.23 Å². The summed E-state index contributed by atoms with van der Waals surface area (Å²) in [5.41, 5.74) is 3.71. The average Bonchev–Trinajstić information content (AvgIpc) is 3.40. The molecular formula is C23H27FN4O. The molecule has 5 rings (SSSR count). The summed E-state index contributed by atoms with van der Waals surface area (Å²) in [7, 11) is 0. The van der Waals surface area contributed by atoms with Crippen molar-refractivity contribution in [2.24, 2.45) is 4.99 Å². The Morgan fingerprint density at radius 3 is 2.41 bits per heavy atom. The van der Waals surface area contributed by atoms with Gasteiger partial charge in [-0.25, -0.2) is 9.38 Å². The van der Waals surface area contributed by atoms with E-state index in [-0.39, 0.29) is 11.4 Å². The maximum atomic E-state index is 13.3. The fourth-order valence-electron chi connectivity index (χ4n) is 4.35. The Bertz CT molecular complexity index is 901. The van der Waals surface area contributed by atoms with Gasteiger partial charge in [0.05, 0.1) is 5.54 Å². The number of amidine groups is 1. The van der Waals surface area contributed by atoms with Crippen LogP contribution in [0.25, 0.3) is 0 Å². The fourth-order valence-corrected chi connectivity index (χ4v) is 4.35. The standard InChI is InChI=1S/C23H27FN4O/c1-18-4-2-3-5-19(18)16-26-12-14-27(15-13-26)22-25-17-28(29-22)23(10-11-23)20-6-8-21(24)9-7-20/h2-9H,10-17H2,1H3. The van der Waals surface area contributed by atoms with Crippen molar-refractivity contribution in [2.75, 3.05) is 32.8 Å². The minimum atomic E-state index is -0.201. The van der Waals surface area contributed by atoms with Gasteiger partial charge in [0.1, 0.15) is 12.5 Å². The minimum absolute atomic E-state index is 0.147. The van der Waals surface area contributed by atoms with Gasteiger partial charge >= 0.3 is 6.02 Å². The molecule has 2 aliphatic heterocycles. The highest BCUT2D eigenvalue weighted by atomic mass is 19.1. The average molecular weight is 394 g/mol. The molecule has 0 bridgehead atoms. The molecule has 1 saturated carbocycles. The number of aliphatic imine (C=N–C) groups is 1. The van der Waals surface area contributed by atoms with Crippen molar-refractivity contribution in [1.29, 1.82) is 0 Å². The molecule has 5 nitrogen and oxygen atoms in total. The number of rotatable bonds is 4. The summed E-state index contributed by atoms with van der Waals surface area (Å²) >= 11 is 0. The van der Waals surface area contributed by atoms with Gasteiger partial charge < -0.3 is 9.74 Å². The molecule has 2 heterocycles. The molecule has 1 saturated heterocycles. The van der Waals surface area contributed by atoms with Crippen LogP contribution in [0, 0.1) is 12.7 Å². The zero-order valence-electron chi connectivity index (χ0n) is 16.9. The van der Waals surface area contributed by atoms with Gasteiger partial charge in [0.2, 0.25) is 0 Å². The van der Waals surface area contributed by atoms with E-state index >= 15 is 0 Å². The smallest absolute Gasteiger partial charge is 0.309 e. The van der Waals surface area contributed by atoms with Crippen LogP contribution in [0.4, 0.5) is 4.39 Å². The van der Waals surface area contributed by atoms with E-state index in [0.717, 1.165) is 57.2 Å². The first-order valence-electron chi connectivity index (χ1n) is 10.4.